The highest BCUT2D eigenvalue weighted by Gasteiger charge is 2.53. The summed E-state index contributed by atoms with van der Waals surface area (Å²) in [5.41, 5.74) is 0.845. The van der Waals surface area contributed by atoms with E-state index in [2.05, 4.69) is 0 Å². The van der Waals surface area contributed by atoms with Crippen molar-refractivity contribution in [2.45, 2.75) is 48.9 Å². The van der Waals surface area contributed by atoms with E-state index in [1.165, 1.54) is 6.07 Å². The molecule has 0 N–H and O–H groups in total. The minimum Gasteiger partial charge on any atom is -0.490 e. The molecular formula is C26H29ClF2O3S. The Labute approximate surface area is 203 Å². The number of rotatable bonds is 6. The lowest BCUT2D eigenvalue weighted by molar-refractivity contribution is -0.0962. The fourth-order valence-corrected chi connectivity index (χ4v) is 7.04. The lowest BCUT2D eigenvalue weighted by Gasteiger charge is -2.51. The number of benzene rings is 2. The van der Waals surface area contributed by atoms with Gasteiger partial charge in [-0.3, -0.25) is 0 Å². The molecule has 5 rings (SSSR count). The van der Waals surface area contributed by atoms with E-state index in [9.17, 15) is 4.39 Å². The van der Waals surface area contributed by atoms with E-state index in [0.717, 1.165) is 49.9 Å². The Morgan fingerprint density at radius 1 is 1.00 bits per heavy atom. The normalized spacial score (nSPS) is 27.5. The highest BCUT2D eigenvalue weighted by molar-refractivity contribution is 7.99. The van der Waals surface area contributed by atoms with Gasteiger partial charge in [0.2, 0.25) is 0 Å². The number of hydrogen-bond donors (Lipinski definition) is 0. The van der Waals surface area contributed by atoms with Crippen molar-refractivity contribution in [2.24, 2.45) is 5.92 Å². The van der Waals surface area contributed by atoms with E-state index in [1.807, 2.05) is 36.0 Å². The van der Waals surface area contributed by atoms with Crippen LogP contribution < -0.4 is 4.74 Å². The first-order chi connectivity index (χ1) is 16.1. The van der Waals surface area contributed by atoms with E-state index in [4.69, 9.17) is 25.8 Å². The zero-order chi connectivity index (χ0) is 22.8. The molecule has 2 saturated heterocycles. The van der Waals surface area contributed by atoms with E-state index in [0.29, 0.717) is 41.9 Å². The first-order valence-electron chi connectivity index (χ1n) is 11.7. The maximum Gasteiger partial charge on any atom is 0.165 e. The zero-order valence-corrected chi connectivity index (χ0v) is 20.1. The van der Waals surface area contributed by atoms with Crippen LogP contribution in [-0.4, -0.2) is 43.5 Å². The Morgan fingerprint density at radius 3 is 2.55 bits per heavy atom. The number of thioether (sulfide) groups is 1. The van der Waals surface area contributed by atoms with Crippen LogP contribution in [0.4, 0.5) is 8.78 Å². The van der Waals surface area contributed by atoms with Crippen LogP contribution in [0.1, 0.15) is 36.8 Å². The molecule has 0 unspecified atom stereocenters. The van der Waals surface area contributed by atoms with Gasteiger partial charge in [0.25, 0.3) is 0 Å². The van der Waals surface area contributed by atoms with Gasteiger partial charge in [-0.2, -0.15) is 11.8 Å². The summed E-state index contributed by atoms with van der Waals surface area (Å²) in [5, 5.41) is 1.28. The lowest BCUT2D eigenvalue weighted by atomic mass is 9.60. The molecule has 178 valence electrons. The molecule has 0 saturated carbocycles. The fourth-order valence-electron chi connectivity index (χ4n) is 5.69. The SMILES string of the molecule is Fc1ccc(F)c2c1OC[C@H]1[C@H](CCSC3CCOCC3)OCC[C@@]21Cc1ccc(Cl)cc1. The predicted molar refractivity (Wildman–Crippen MR) is 127 cm³/mol. The molecular weight excluding hydrogens is 466 g/mol. The molecule has 0 bridgehead atoms. The van der Waals surface area contributed by atoms with Crippen LogP contribution in [-0.2, 0) is 21.3 Å². The highest BCUT2D eigenvalue weighted by atomic mass is 35.5. The first-order valence-corrected chi connectivity index (χ1v) is 13.2. The average molecular weight is 495 g/mol. The monoisotopic (exact) mass is 494 g/mol. The molecule has 0 aromatic heterocycles. The van der Waals surface area contributed by atoms with Gasteiger partial charge in [-0.25, -0.2) is 8.78 Å². The molecule has 2 fully saturated rings. The van der Waals surface area contributed by atoms with Crippen LogP contribution in [0.25, 0.3) is 0 Å². The highest BCUT2D eigenvalue weighted by Crippen LogP contribution is 2.53. The van der Waals surface area contributed by atoms with Gasteiger partial charge in [-0.1, -0.05) is 23.7 Å². The molecule has 3 nitrogen and oxygen atoms in total. The Morgan fingerprint density at radius 2 is 1.76 bits per heavy atom. The van der Waals surface area contributed by atoms with Crippen LogP contribution >= 0.6 is 23.4 Å². The van der Waals surface area contributed by atoms with Gasteiger partial charge >= 0.3 is 0 Å². The van der Waals surface area contributed by atoms with Crippen molar-refractivity contribution < 1.29 is 23.0 Å². The molecule has 2 aromatic rings. The fraction of sp³-hybridized carbons (Fsp3) is 0.538. The molecule has 0 amide bonds. The number of halogens is 3. The standard InChI is InChI=1S/C26H29ClF2O3S/c27-18-3-1-17(2-4-18)15-26-10-13-31-23(9-14-33-19-7-11-30-12-8-19)20(26)16-32-25-22(29)6-5-21(28)24(25)26/h1-6,19-20,23H,7-16H2/t20-,23-,26-/m0/s1. The maximum absolute atomic E-state index is 15.3. The molecule has 33 heavy (non-hydrogen) atoms. The quantitative estimate of drug-likeness (QED) is 0.478. The van der Waals surface area contributed by atoms with Crippen molar-refractivity contribution in [3.8, 4) is 5.75 Å². The Bertz CT molecular complexity index is 967. The number of ether oxygens (including phenoxy) is 3. The summed E-state index contributed by atoms with van der Waals surface area (Å²) in [5.74, 6) is 0.0839. The lowest BCUT2D eigenvalue weighted by Crippen LogP contribution is -2.55. The third-order valence-electron chi connectivity index (χ3n) is 7.36. The maximum atomic E-state index is 15.3. The molecule has 0 aliphatic carbocycles. The van der Waals surface area contributed by atoms with Gasteiger partial charge in [0.1, 0.15) is 5.82 Å². The zero-order valence-electron chi connectivity index (χ0n) is 18.5. The Hall–Kier alpha value is -1.34. The minimum atomic E-state index is -0.583. The second-order valence-corrected chi connectivity index (χ2v) is 11.1. The molecule has 2 aromatic carbocycles. The van der Waals surface area contributed by atoms with Crippen molar-refractivity contribution in [1.82, 2.24) is 0 Å². The van der Waals surface area contributed by atoms with Crippen molar-refractivity contribution in [2.75, 3.05) is 32.2 Å². The summed E-state index contributed by atoms with van der Waals surface area (Å²) in [7, 11) is 0. The topological polar surface area (TPSA) is 27.7 Å². The van der Waals surface area contributed by atoms with Crippen LogP contribution in [0, 0.1) is 17.6 Å². The molecule has 3 atom stereocenters. The van der Waals surface area contributed by atoms with Gasteiger partial charge < -0.3 is 14.2 Å². The Balaban J connectivity index is 1.44. The van der Waals surface area contributed by atoms with Crippen LogP contribution in [0.2, 0.25) is 5.02 Å². The summed E-state index contributed by atoms with van der Waals surface area (Å²) in [6.07, 6.45) is 4.20. The van der Waals surface area contributed by atoms with Gasteiger partial charge in [-0.15, -0.1) is 0 Å². The van der Waals surface area contributed by atoms with E-state index >= 15 is 4.39 Å². The van der Waals surface area contributed by atoms with Gasteiger partial charge in [0.05, 0.1) is 12.7 Å². The molecule has 7 heteroatoms. The molecule has 0 radical (unpaired) electrons. The van der Waals surface area contributed by atoms with E-state index in [1.54, 1.807) is 0 Å². The van der Waals surface area contributed by atoms with Crippen molar-refractivity contribution >= 4 is 23.4 Å². The van der Waals surface area contributed by atoms with E-state index in [-0.39, 0.29) is 17.8 Å². The van der Waals surface area contributed by atoms with E-state index < -0.39 is 17.0 Å². The minimum absolute atomic E-state index is 0.0546. The largest absolute Gasteiger partial charge is 0.490 e. The third-order valence-corrected chi connectivity index (χ3v) is 9.03. The number of hydrogen-bond acceptors (Lipinski definition) is 4. The van der Waals surface area contributed by atoms with Crippen LogP contribution in [0.15, 0.2) is 36.4 Å². The second kappa shape index (κ2) is 10.1. The third kappa shape index (κ3) is 4.77. The summed E-state index contributed by atoms with van der Waals surface area (Å²) in [6.45, 7) is 2.51. The first kappa shape index (κ1) is 23.4. The second-order valence-electron chi connectivity index (χ2n) is 9.24. The van der Waals surface area contributed by atoms with Gasteiger partial charge in [-0.05, 0) is 67.7 Å². The van der Waals surface area contributed by atoms with Crippen LogP contribution in [0.3, 0.4) is 0 Å². The van der Waals surface area contributed by atoms with Crippen molar-refractivity contribution in [3.63, 3.8) is 0 Å². The van der Waals surface area contributed by atoms with Crippen molar-refractivity contribution in [1.29, 1.82) is 0 Å². The number of fused-ring (bicyclic) bond motifs is 3. The summed E-state index contributed by atoms with van der Waals surface area (Å²) in [6, 6.07) is 10.1. The Kier molecular flexibility index (Phi) is 7.17. The molecule has 3 aliphatic heterocycles. The van der Waals surface area contributed by atoms with Gasteiger partial charge in [0, 0.05) is 47.0 Å². The molecule has 3 heterocycles. The molecule has 3 aliphatic rings. The summed E-state index contributed by atoms with van der Waals surface area (Å²) in [4.78, 5) is 0. The van der Waals surface area contributed by atoms with Crippen LogP contribution in [0.5, 0.6) is 5.75 Å². The van der Waals surface area contributed by atoms with Crippen molar-refractivity contribution in [3.05, 3.63) is 64.2 Å². The smallest absolute Gasteiger partial charge is 0.165 e. The summed E-state index contributed by atoms with van der Waals surface area (Å²) >= 11 is 8.08. The van der Waals surface area contributed by atoms with Gasteiger partial charge in [0.15, 0.2) is 11.6 Å². The summed E-state index contributed by atoms with van der Waals surface area (Å²) < 4.78 is 47.6. The molecule has 0 spiro atoms. The average Bonchev–Trinajstić information content (AvgIpc) is 2.83. The predicted octanol–water partition coefficient (Wildman–Crippen LogP) is 6.20.